The molecule has 124 valence electrons. The molecule has 0 spiro atoms. The van der Waals surface area contributed by atoms with Crippen LogP contribution in [0.2, 0.25) is 0 Å². The predicted octanol–water partition coefficient (Wildman–Crippen LogP) is 2.97. The Morgan fingerprint density at radius 2 is 2.04 bits per heavy atom. The fourth-order valence-electron chi connectivity index (χ4n) is 3.03. The molecule has 0 N–H and O–H groups in total. The molecule has 0 aromatic carbocycles. The first kappa shape index (κ1) is 15.5. The van der Waals surface area contributed by atoms with E-state index in [0.29, 0.717) is 6.42 Å². The Hall–Kier alpha value is -1.99. The van der Waals surface area contributed by atoms with Gasteiger partial charge in [0.05, 0.1) is 10.7 Å². The van der Waals surface area contributed by atoms with Crippen molar-refractivity contribution in [2.24, 2.45) is 0 Å². The van der Waals surface area contributed by atoms with Crippen LogP contribution in [0.1, 0.15) is 17.1 Å². The minimum Gasteiger partial charge on any atom is -0.345 e. The van der Waals surface area contributed by atoms with E-state index in [9.17, 15) is 4.79 Å². The van der Waals surface area contributed by atoms with E-state index in [1.54, 1.807) is 22.7 Å². The third-order valence-electron chi connectivity index (χ3n) is 4.32. The summed E-state index contributed by atoms with van der Waals surface area (Å²) in [5.74, 6) is 0.159. The van der Waals surface area contributed by atoms with Gasteiger partial charge in [0.25, 0.3) is 0 Å². The summed E-state index contributed by atoms with van der Waals surface area (Å²) >= 11 is 3.29. The van der Waals surface area contributed by atoms with Crippen LogP contribution < -0.4 is 4.90 Å². The topological polar surface area (TPSA) is 49.3 Å². The molecule has 1 aliphatic heterocycles. The monoisotopic (exact) mass is 358 g/mol. The SMILES string of the molecule is Cc1nc(C2=CCC(C(=O)N3CCN(c4nccs4)CC3)=C2)cs1. The molecule has 5 nitrogen and oxygen atoms in total. The lowest BCUT2D eigenvalue weighted by Crippen LogP contribution is -2.49. The number of piperazine rings is 1. The van der Waals surface area contributed by atoms with Crippen molar-refractivity contribution in [3.05, 3.63) is 45.4 Å². The molecule has 0 unspecified atom stereocenters. The van der Waals surface area contributed by atoms with Crippen molar-refractivity contribution in [3.63, 3.8) is 0 Å². The highest BCUT2D eigenvalue weighted by Gasteiger charge is 2.26. The van der Waals surface area contributed by atoms with Crippen molar-refractivity contribution in [1.82, 2.24) is 14.9 Å². The molecule has 1 amide bonds. The smallest absolute Gasteiger partial charge is 0.250 e. The van der Waals surface area contributed by atoms with Crippen LogP contribution in [0.25, 0.3) is 5.57 Å². The van der Waals surface area contributed by atoms with Crippen molar-refractivity contribution < 1.29 is 4.79 Å². The molecule has 1 fully saturated rings. The number of rotatable bonds is 3. The van der Waals surface area contributed by atoms with Crippen LogP contribution in [-0.4, -0.2) is 47.0 Å². The van der Waals surface area contributed by atoms with Gasteiger partial charge in [-0.1, -0.05) is 6.08 Å². The molecule has 0 bridgehead atoms. The second-order valence-corrected chi connectivity index (χ2v) is 7.81. The first-order valence-corrected chi connectivity index (χ1v) is 9.73. The Bertz CT molecular complexity index is 798. The van der Waals surface area contributed by atoms with Gasteiger partial charge in [-0.05, 0) is 25.0 Å². The number of thiazole rings is 2. The zero-order valence-electron chi connectivity index (χ0n) is 13.4. The maximum Gasteiger partial charge on any atom is 0.250 e. The van der Waals surface area contributed by atoms with Gasteiger partial charge in [0.1, 0.15) is 0 Å². The number of aromatic nitrogens is 2. The van der Waals surface area contributed by atoms with Gasteiger partial charge in [-0.15, -0.1) is 22.7 Å². The van der Waals surface area contributed by atoms with Gasteiger partial charge < -0.3 is 9.80 Å². The number of carbonyl (C=O) groups excluding carboxylic acids is 1. The van der Waals surface area contributed by atoms with E-state index >= 15 is 0 Å². The summed E-state index contributed by atoms with van der Waals surface area (Å²) in [6, 6.07) is 0. The van der Waals surface area contributed by atoms with Crippen LogP contribution in [0.15, 0.2) is 34.7 Å². The lowest BCUT2D eigenvalue weighted by atomic mass is 10.2. The summed E-state index contributed by atoms with van der Waals surface area (Å²) in [6.45, 7) is 5.19. The lowest BCUT2D eigenvalue weighted by Gasteiger charge is -2.34. The summed E-state index contributed by atoms with van der Waals surface area (Å²) in [6.07, 6.45) is 6.64. The van der Waals surface area contributed by atoms with Gasteiger partial charge in [-0.25, -0.2) is 9.97 Å². The maximum atomic E-state index is 12.8. The van der Waals surface area contributed by atoms with E-state index in [4.69, 9.17) is 0 Å². The molecule has 24 heavy (non-hydrogen) atoms. The Labute approximate surface area is 149 Å². The Balaban J connectivity index is 1.39. The highest BCUT2D eigenvalue weighted by Crippen LogP contribution is 2.28. The van der Waals surface area contributed by atoms with Crippen LogP contribution in [0.4, 0.5) is 5.13 Å². The molecule has 7 heteroatoms. The normalized spacial score (nSPS) is 17.9. The molecular formula is C17H18N4OS2. The molecule has 0 radical (unpaired) electrons. The largest absolute Gasteiger partial charge is 0.345 e. The third-order valence-corrected chi connectivity index (χ3v) is 5.92. The van der Waals surface area contributed by atoms with Crippen LogP contribution >= 0.6 is 22.7 Å². The average Bonchev–Trinajstić information content (AvgIpc) is 3.35. The van der Waals surface area contributed by atoms with Crippen LogP contribution in [0, 0.1) is 6.92 Å². The molecule has 2 aliphatic rings. The van der Waals surface area contributed by atoms with Gasteiger partial charge in [0, 0.05) is 48.7 Å². The summed E-state index contributed by atoms with van der Waals surface area (Å²) in [4.78, 5) is 25.8. The molecule has 0 saturated carbocycles. The number of allylic oxidation sites excluding steroid dienone is 3. The molecule has 1 saturated heterocycles. The standard InChI is InChI=1S/C17H18N4OS2/c1-12-19-15(11-24-12)13-2-3-14(10-13)16(22)20-5-7-21(8-6-20)17-18-4-9-23-17/h2,4,9-11H,3,5-8H2,1H3. The van der Waals surface area contributed by atoms with Gasteiger partial charge >= 0.3 is 0 Å². The first-order valence-electron chi connectivity index (χ1n) is 7.97. The van der Waals surface area contributed by atoms with Crippen LogP contribution in [0.5, 0.6) is 0 Å². The minimum atomic E-state index is 0.159. The van der Waals surface area contributed by atoms with Gasteiger partial charge in [0.2, 0.25) is 5.91 Å². The Morgan fingerprint density at radius 3 is 2.71 bits per heavy atom. The summed E-state index contributed by atoms with van der Waals surface area (Å²) in [5, 5.41) is 6.14. The second kappa shape index (κ2) is 6.49. The van der Waals surface area contributed by atoms with E-state index in [-0.39, 0.29) is 5.91 Å². The van der Waals surface area contributed by atoms with E-state index in [0.717, 1.165) is 53.2 Å². The molecule has 2 aromatic rings. The fraction of sp³-hybridized carbons (Fsp3) is 0.353. The Morgan fingerprint density at radius 1 is 1.21 bits per heavy atom. The van der Waals surface area contributed by atoms with Crippen molar-refractivity contribution >= 4 is 39.3 Å². The third kappa shape index (κ3) is 3.01. The van der Waals surface area contributed by atoms with E-state index in [1.165, 1.54) is 0 Å². The second-order valence-electron chi connectivity index (χ2n) is 5.88. The van der Waals surface area contributed by atoms with Gasteiger partial charge in [-0.2, -0.15) is 0 Å². The number of anilines is 1. The first-order chi connectivity index (χ1) is 11.7. The highest BCUT2D eigenvalue weighted by molar-refractivity contribution is 7.13. The molecule has 4 rings (SSSR count). The fourth-order valence-corrected chi connectivity index (χ4v) is 4.34. The minimum absolute atomic E-state index is 0.159. The van der Waals surface area contributed by atoms with E-state index in [1.807, 2.05) is 29.5 Å². The number of hydrogen-bond donors (Lipinski definition) is 0. The summed E-state index contributed by atoms with van der Waals surface area (Å²) in [5.41, 5.74) is 2.93. The highest BCUT2D eigenvalue weighted by atomic mass is 32.1. The van der Waals surface area contributed by atoms with Gasteiger partial charge in [-0.3, -0.25) is 4.79 Å². The van der Waals surface area contributed by atoms with Crippen LogP contribution in [-0.2, 0) is 4.79 Å². The van der Waals surface area contributed by atoms with Crippen LogP contribution in [0.3, 0.4) is 0 Å². The Kier molecular flexibility index (Phi) is 4.20. The molecule has 2 aromatic heterocycles. The van der Waals surface area contributed by atoms with Crippen molar-refractivity contribution in [3.8, 4) is 0 Å². The van der Waals surface area contributed by atoms with Crippen molar-refractivity contribution in [1.29, 1.82) is 0 Å². The van der Waals surface area contributed by atoms with Crippen molar-refractivity contribution in [2.45, 2.75) is 13.3 Å². The summed E-state index contributed by atoms with van der Waals surface area (Å²) in [7, 11) is 0. The zero-order chi connectivity index (χ0) is 16.5. The van der Waals surface area contributed by atoms with E-state index < -0.39 is 0 Å². The predicted molar refractivity (Wildman–Crippen MR) is 98.4 cm³/mol. The number of carbonyl (C=O) groups is 1. The maximum absolute atomic E-state index is 12.8. The molecule has 1 aliphatic carbocycles. The summed E-state index contributed by atoms with van der Waals surface area (Å²) < 4.78 is 0. The van der Waals surface area contributed by atoms with Gasteiger partial charge in [0.15, 0.2) is 5.13 Å². The number of aryl methyl sites for hydroxylation is 1. The number of amides is 1. The number of hydrogen-bond acceptors (Lipinski definition) is 6. The van der Waals surface area contributed by atoms with E-state index in [2.05, 4.69) is 26.3 Å². The molecule has 3 heterocycles. The average molecular weight is 358 g/mol. The molecular weight excluding hydrogens is 340 g/mol. The lowest BCUT2D eigenvalue weighted by molar-refractivity contribution is -0.127. The molecule has 0 atom stereocenters. The van der Waals surface area contributed by atoms with Crippen molar-refractivity contribution in [2.75, 3.05) is 31.1 Å². The number of nitrogens with zero attached hydrogens (tertiary/aromatic N) is 4. The zero-order valence-corrected chi connectivity index (χ0v) is 15.1. The quantitative estimate of drug-likeness (QED) is 0.846.